The van der Waals surface area contributed by atoms with Gasteiger partial charge in [-0.2, -0.15) is 5.26 Å². The van der Waals surface area contributed by atoms with Gasteiger partial charge in [-0.25, -0.2) is 0 Å². The van der Waals surface area contributed by atoms with Crippen molar-refractivity contribution < 1.29 is 9.47 Å². The summed E-state index contributed by atoms with van der Waals surface area (Å²) in [5, 5.41) is 18.1. The van der Waals surface area contributed by atoms with E-state index < -0.39 is 0 Å². The molecule has 6 nitrogen and oxygen atoms in total. The normalized spacial score (nSPS) is 11.1. The maximum absolute atomic E-state index is 9.62. The van der Waals surface area contributed by atoms with Crippen molar-refractivity contribution in [3.8, 4) is 29.0 Å². The van der Waals surface area contributed by atoms with Crippen LogP contribution < -0.4 is 9.47 Å². The second-order valence-electron chi connectivity index (χ2n) is 5.56. The van der Waals surface area contributed by atoms with Crippen LogP contribution in [0, 0.1) is 11.3 Å². The highest BCUT2D eigenvalue weighted by Gasteiger charge is 2.14. The molecule has 26 heavy (non-hydrogen) atoms. The second kappa shape index (κ2) is 7.53. The third kappa shape index (κ3) is 3.28. The zero-order valence-electron chi connectivity index (χ0n) is 14.8. The zero-order valence-corrected chi connectivity index (χ0v) is 14.8. The summed E-state index contributed by atoms with van der Waals surface area (Å²) in [6.07, 6.45) is 1.75. The highest BCUT2D eigenvalue weighted by atomic mass is 16.5. The number of nitriles is 1. The van der Waals surface area contributed by atoms with Crippen molar-refractivity contribution in [2.24, 2.45) is 7.05 Å². The fourth-order valence-electron chi connectivity index (χ4n) is 2.66. The van der Waals surface area contributed by atoms with Gasteiger partial charge in [-0.3, -0.25) is 0 Å². The molecular weight excluding hydrogens is 328 g/mol. The Balaban J connectivity index is 2.01. The van der Waals surface area contributed by atoms with Crippen LogP contribution in [0.1, 0.15) is 11.4 Å². The Hall–Kier alpha value is -3.59. The first kappa shape index (κ1) is 17.2. The summed E-state index contributed by atoms with van der Waals surface area (Å²) in [5.74, 6) is 2.44. The molecule has 0 N–H and O–H groups in total. The average molecular weight is 346 g/mol. The van der Waals surface area contributed by atoms with E-state index in [1.165, 1.54) is 0 Å². The largest absolute Gasteiger partial charge is 0.493 e. The van der Waals surface area contributed by atoms with Crippen LogP contribution in [-0.4, -0.2) is 29.0 Å². The lowest BCUT2D eigenvalue weighted by Crippen LogP contribution is -1.98. The molecule has 0 amide bonds. The quantitative estimate of drug-likeness (QED) is 0.661. The van der Waals surface area contributed by atoms with Crippen LogP contribution in [0.2, 0.25) is 0 Å². The third-order valence-electron chi connectivity index (χ3n) is 3.99. The highest BCUT2D eigenvalue weighted by Crippen LogP contribution is 2.29. The molecule has 0 radical (unpaired) electrons. The van der Waals surface area contributed by atoms with Crippen molar-refractivity contribution in [1.82, 2.24) is 14.8 Å². The Morgan fingerprint density at radius 1 is 1.04 bits per heavy atom. The van der Waals surface area contributed by atoms with E-state index in [1.807, 2.05) is 54.1 Å². The second-order valence-corrected chi connectivity index (χ2v) is 5.56. The maximum atomic E-state index is 9.62. The van der Waals surface area contributed by atoms with Crippen molar-refractivity contribution in [1.29, 1.82) is 5.26 Å². The third-order valence-corrected chi connectivity index (χ3v) is 3.99. The van der Waals surface area contributed by atoms with Crippen molar-refractivity contribution in [2.75, 3.05) is 14.2 Å². The average Bonchev–Trinajstić information content (AvgIpc) is 3.07. The van der Waals surface area contributed by atoms with Gasteiger partial charge in [0, 0.05) is 12.6 Å². The molecule has 6 heteroatoms. The minimum absolute atomic E-state index is 0.411. The van der Waals surface area contributed by atoms with E-state index in [0.717, 1.165) is 11.1 Å². The number of hydrogen-bond acceptors (Lipinski definition) is 5. The SMILES string of the molecule is COc1ccc(/C=C(\C#N)c2nnc(-c3ccccc3)n2C)cc1OC. The molecule has 0 fully saturated rings. The van der Waals surface area contributed by atoms with E-state index in [9.17, 15) is 5.26 Å². The molecule has 130 valence electrons. The van der Waals surface area contributed by atoms with Gasteiger partial charge in [0.05, 0.1) is 19.8 Å². The molecule has 0 bridgehead atoms. The molecule has 3 aromatic rings. The van der Waals surface area contributed by atoms with Gasteiger partial charge in [0.1, 0.15) is 6.07 Å². The first-order chi connectivity index (χ1) is 12.7. The Morgan fingerprint density at radius 2 is 1.77 bits per heavy atom. The van der Waals surface area contributed by atoms with Crippen molar-refractivity contribution in [3.05, 3.63) is 59.9 Å². The molecule has 0 saturated heterocycles. The van der Waals surface area contributed by atoms with Gasteiger partial charge < -0.3 is 14.0 Å². The lowest BCUT2D eigenvalue weighted by atomic mass is 10.1. The van der Waals surface area contributed by atoms with E-state index in [4.69, 9.17) is 9.47 Å². The summed E-state index contributed by atoms with van der Waals surface area (Å²) < 4.78 is 12.4. The van der Waals surface area contributed by atoms with Crippen LogP contribution in [0.25, 0.3) is 23.0 Å². The Kier molecular flexibility index (Phi) is 4.99. The van der Waals surface area contributed by atoms with Gasteiger partial charge in [-0.15, -0.1) is 10.2 Å². The Morgan fingerprint density at radius 3 is 2.42 bits per heavy atom. The molecule has 0 unspecified atom stereocenters. The number of hydrogen-bond donors (Lipinski definition) is 0. The smallest absolute Gasteiger partial charge is 0.174 e. The number of methoxy groups -OCH3 is 2. The molecular formula is C20H18N4O2. The molecule has 2 aromatic carbocycles. The molecule has 3 rings (SSSR count). The van der Waals surface area contributed by atoms with E-state index >= 15 is 0 Å². The molecule has 1 aromatic heterocycles. The number of aromatic nitrogens is 3. The molecule has 0 aliphatic rings. The van der Waals surface area contributed by atoms with Crippen LogP contribution >= 0.6 is 0 Å². The zero-order chi connectivity index (χ0) is 18.5. The lowest BCUT2D eigenvalue weighted by molar-refractivity contribution is 0.355. The van der Waals surface area contributed by atoms with E-state index in [-0.39, 0.29) is 0 Å². The Labute approximate surface area is 151 Å². The fraction of sp³-hybridized carbons (Fsp3) is 0.150. The van der Waals surface area contributed by atoms with Crippen molar-refractivity contribution in [2.45, 2.75) is 0 Å². The maximum Gasteiger partial charge on any atom is 0.174 e. The van der Waals surface area contributed by atoms with Gasteiger partial charge in [-0.1, -0.05) is 36.4 Å². The van der Waals surface area contributed by atoms with Crippen LogP contribution in [-0.2, 0) is 7.05 Å². The minimum Gasteiger partial charge on any atom is -0.493 e. The number of nitrogens with zero attached hydrogens (tertiary/aromatic N) is 4. The highest BCUT2D eigenvalue weighted by molar-refractivity contribution is 5.88. The fourth-order valence-corrected chi connectivity index (χ4v) is 2.66. The van der Waals surface area contributed by atoms with Crippen LogP contribution in [0.5, 0.6) is 11.5 Å². The molecule has 0 aliphatic carbocycles. The van der Waals surface area contributed by atoms with E-state index in [1.54, 1.807) is 26.4 Å². The van der Waals surface area contributed by atoms with Gasteiger partial charge in [-0.05, 0) is 23.8 Å². The predicted octanol–water partition coefficient (Wildman–Crippen LogP) is 3.56. The molecule has 0 saturated carbocycles. The minimum atomic E-state index is 0.411. The Bertz CT molecular complexity index is 985. The number of allylic oxidation sites excluding steroid dienone is 1. The summed E-state index contributed by atoms with van der Waals surface area (Å²) >= 11 is 0. The number of rotatable bonds is 5. The van der Waals surface area contributed by atoms with Crippen LogP contribution in [0.15, 0.2) is 48.5 Å². The predicted molar refractivity (Wildman–Crippen MR) is 99.5 cm³/mol. The molecule has 0 spiro atoms. The summed E-state index contributed by atoms with van der Waals surface area (Å²) in [7, 11) is 5.00. The van der Waals surface area contributed by atoms with Gasteiger partial charge in [0.15, 0.2) is 23.1 Å². The van der Waals surface area contributed by atoms with E-state index in [0.29, 0.717) is 28.7 Å². The van der Waals surface area contributed by atoms with Crippen molar-refractivity contribution in [3.63, 3.8) is 0 Å². The van der Waals surface area contributed by atoms with Crippen LogP contribution in [0.3, 0.4) is 0 Å². The molecule has 0 aliphatic heterocycles. The molecule has 1 heterocycles. The van der Waals surface area contributed by atoms with Crippen LogP contribution in [0.4, 0.5) is 0 Å². The van der Waals surface area contributed by atoms with Gasteiger partial charge in [0.2, 0.25) is 0 Å². The van der Waals surface area contributed by atoms with E-state index in [2.05, 4.69) is 16.3 Å². The number of ether oxygens (including phenoxy) is 2. The summed E-state index contributed by atoms with van der Waals surface area (Å²) in [6.45, 7) is 0. The standard InChI is InChI=1S/C20H18N4O2/c1-24-19(15-7-5-4-6-8-15)22-23-20(24)16(13-21)11-14-9-10-17(25-2)18(12-14)26-3/h4-12H,1-3H3/b16-11+. The van der Waals surface area contributed by atoms with Gasteiger partial charge >= 0.3 is 0 Å². The van der Waals surface area contributed by atoms with Gasteiger partial charge in [0.25, 0.3) is 0 Å². The molecule has 0 atom stereocenters. The summed E-state index contributed by atoms with van der Waals surface area (Å²) in [4.78, 5) is 0. The topological polar surface area (TPSA) is 73.0 Å². The monoisotopic (exact) mass is 346 g/mol. The summed E-state index contributed by atoms with van der Waals surface area (Å²) in [6, 6.07) is 17.4. The van der Waals surface area contributed by atoms with Crippen molar-refractivity contribution >= 4 is 11.6 Å². The lowest BCUT2D eigenvalue weighted by Gasteiger charge is -2.08. The number of benzene rings is 2. The first-order valence-electron chi connectivity index (χ1n) is 7.97. The summed E-state index contributed by atoms with van der Waals surface area (Å²) in [5.41, 5.74) is 2.16. The first-order valence-corrected chi connectivity index (χ1v) is 7.97.